The largest absolute Gasteiger partial charge is 0.460 e. The minimum Gasteiger partial charge on any atom is -0.460 e. The SMILES string of the molecule is CC[C@@H]([NH2+]C)c1ccc(C)o1. The van der Waals surface area contributed by atoms with E-state index in [2.05, 4.69) is 25.4 Å². The summed E-state index contributed by atoms with van der Waals surface area (Å²) in [6.45, 7) is 4.15. The first-order valence-electron chi connectivity index (χ1n) is 4.13. The molecular weight excluding hydrogens is 138 g/mol. The lowest BCUT2D eigenvalue weighted by Gasteiger charge is -2.05. The summed E-state index contributed by atoms with van der Waals surface area (Å²) in [5, 5.41) is 2.18. The van der Waals surface area contributed by atoms with Crippen LogP contribution in [0.4, 0.5) is 0 Å². The minimum absolute atomic E-state index is 0.490. The molecule has 1 aromatic heterocycles. The van der Waals surface area contributed by atoms with E-state index in [9.17, 15) is 0 Å². The van der Waals surface area contributed by atoms with E-state index in [0.29, 0.717) is 6.04 Å². The quantitative estimate of drug-likeness (QED) is 0.697. The molecule has 0 aromatic carbocycles. The Hall–Kier alpha value is -0.760. The van der Waals surface area contributed by atoms with Gasteiger partial charge in [0.05, 0.1) is 7.05 Å². The van der Waals surface area contributed by atoms with Gasteiger partial charge in [0.25, 0.3) is 0 Å². The molecule has 2 N–H and O–H groups in total. The molecular formula is C9H16NO+. The van der Waals surface area contributed by atoms with Crippen LogP contribution in [0.15, 0.2) is 16.5 Å². The summed E-state index contributed by atoms with van der Waals surface area (Å²) in [7, 11) is 2.08. The maximum absolute atomic E-state index is 5.50. The van der Waals surface area contributed by atoms with Crippen LogP contribution >= 0.6 is 0 Å². The molecule has 11 heavy (non-hydrogen) atoms. The van der Waals surface area contributed by atoms with Crippen LogP contribution in [-0.4, -0.2) is 7.05 Å². The van der Waals surface area contributed by atoms with Crippen LogP contribution < -0.4 is 5.32 Å². The lowest BCUT2D eigenvalue weighted by Crippen LogP contribution is -2.80. The third-order valence-electron chi connectivity index (χ3n) is 1.97. The second-order valence-corrected chi connectivity index (χ2v) is 2.80. The predicted molar refractivity (Wildman–Crippen MR) is 44.3 cm³/mol. The van der Waals surface area contributed by atoms with Crippen molar-refractivity contribution in [2.45, 2.75) is 26.3 Å². The van der Waals surface area contributed by atoms with Crippen molar-refractivity contribution in [3.05, 3.63) is 23.7 Å². The molecule has 0 amide bonds. The van der Waals surface area contributed by atoms with Gasteiger partial charge in [-0.25, -0.2) is 0 Å². The van der Waals surface area contributed by atoms with Gasteiger partial charge in [0, 0.05) is 6.42 Å². The standard InChI is InChI=1S/C9H15NO/c1-4-8(10-3)9-6-5-7(2)11-9/h5-6,8,10H,4H2,1-3H3/p+1/t8-/m1/s1. The molecule has 0 radical (unpaired) electrons. The van der Waals surface area contributed by atoms with Crippen molar-refractivity contribution in [2.75, 3.05) is 7.05 Å². The maximum Gasteiger partial charge on any atom is 0.161 e. The highest BCUT2D eigenvalue weighted by Crippen LogP contribution is 2.14. The first kappa shape index (κ1) is 8.34. The number of hydrogen-bond donors (Lipinski definition) is 1. The van der Waals surface area contributed by atoms with Crippen molar-refractivity contribution in [2.24, 2.45) is 0 Å². The normalized spacial score (nSPS) is 13.4. The summed E-state index contributed by atoms with van der Waals surface area (Å²) >= 11 is 0. The highest BCUT2D eigenvalue weighted by Gasteiger charge is 2.12. The smallest absolute Gasteiger partial charge is 0.161 e. The number of nitrogens with two attached hydrogens (primary N) is 1. The molecule has 0 aliphatic rings. The Bertz CT molecular complexity index is 213. The maximum atomic E-state index is 5.50. The van der Waals surface area contributed by atoms with E-state index in [1.54, 1.807) is 0 Å². The van der Waals surface area contributed by atoms with Crippen LogP contribution in [0.25, 0.3) is 0 Å². The molecule has 1 rings (SSSR count). The third kappa shape index (κ3) is 1.84. The van der Waals surface area contributed by atoms with Crippen molar-refractivity contribution >= 4 is 0 Å². The van der Waals surface area contributed by atoms with Crippen molar-refractivity contribution < 1.29 is 9.73 Å². The van der Waals surface area contributed by atoms with Gasteiger partial charge in [-0.15, -0.1) is 0 Å². The Kier molecular flexibility index (Phi) is 2.71. The number of rotatable bonds is 3. The Morgan fingerprint density at radius 1 is 1.55 bits per heavy atom. The van der Waals surface area contributed by atoms with Gasteiger partial charge in [-0.2, -0.15) is 0 Å². The minimum atomic E-state index is 0.490. The van der Waals surface area contributed by atoms with Crippen molar-refractivity contribution in [1.82, 2.24) is 0 Å². The van der Waals surface area contributed by atoms with Crippen LogP contribution in [-0.2, 0) is 0 Å². The van der Waals surface area contributed by atoms with Crippen molar-refractivity contribution in [1.29, 1.82) is 0 Å². The van der Waals surface area contributed by atoms with Gasteiger partial charge in [0.2, 0.25) is 0 Å². The number of hydrogen-bond acceptors (Lipinski definition) is 1. The van der Waals surface area contributed by atoms with Crippen molar-refractivity contribution in [3.63, 3.8) is 0 Å². The van der Waals surface area contributed by atoms with Crippen LogP contribution in [0, 0.1) is 6.92 Å². The van der Waals surface area contributed by atoms with E-state index in [0.717, 1.165) is 17.9 Å². The molecule has 0 unspecified atom stereocenters. The monoisotopic (exact) mass is 154 g/mol. The van der Waals surface area contributed by atoms with Gasteiger partial charge < -0.3 is 9.73 Å². The summed E-state index contributed by atoms with van der Waals surface area (Å²) in [5.41, 5.74) is 0. The number of quaternary nitrogens is 1. The molecule has 1 heterocycles. The Balaban J connectivity index is 2.73. The molecule has 2 nitrogen and oxygen atoms in total. The summed E-state index contributed by atoms with van der Waals surface area (Å²) < 4.78 is 5.50. The summed E-state index contributed by atoms with van der Waals surface area (Å²) in [6, 6.07) is 4.56. The fraction of sp³-hybridized carbons (Fsp3) is 0.556. The van der Waals surface area contributed by atoms with E-state index in [1.807, 2.05) is 13.0 Å². The zero-order valence-electron chi connectivity index (χ0n) is 7.42. The molecule has 0 aliphatic carbocycles. The van der Waals surface area contributed by atoms with Gasteiger partial charge >= 0.3 is 0 Å². The molecule has 2 heteroatoms. The zero-order valence-corrected chi connectivity index (χ0v) is 7.42. The fourth-order valence-corrected chi connectivity index (χ4v) is 1.25. The summed E-state index contributed by atoms with van der Waals surface area (Å²) in [5.74, 6) is 2.09. The molecule has 0 bridgehead atoms. The van der Waals surface area contributed by atoms with E-state index in [4.69, 9.17) is 4.42 Å². The molecule has 1 atom stereocenters. The van der Waals surface area contributed by atoms with Crippen LogP contribution in [0.2, 0.25) is 0 Å². The van der Waals surface area contributed by atoms with E-state index < -0.39 is 0 Å². The second-order valence-electron chi connectivity index (χ2n) is 2.80. The van der Waals surface area contributed by atoms with Crippen LogP contribution in [0.5, 0.6) is 0 Å². The van der Waals surface area contributed by atoms with Gasteiger partial charge in [-0.05, 0) is 19.1 Å². The number of furan rings is 1. The lowest BCUT2D eigenvalue weighted by molar-refractivity contribution is -0.672. The van der Waals surface area contributed by atoms with Gasteiger partial charge in [-0.1, -0.05) is 6.92 Å². The molecule has 1 aromatic rings. The van der Waals surface area contributed by atoms with E-state index >= 15 is 0 Å². The average Bonchev–Trinajstić information content (AvgIpc) is 2.39. The Morgan fingerprint density at radius 3 is 2.64 bits per heavy atom. The third-order valence-corrected chi connectivity index (χ3v) is 1.97. The molecule has 0 fully saturated rings. The average molecular weight is 154 g/mol. The molecule has 0 aliphatic heterocycles. The number of aryl methyl sites for hydroxylation is 1. The van der Waals surface area contributed by atoms with Crippen molar-refractivity contribution in [3.8, 4) is 0 Å². The second kappa shape index (κ2) is 3.58. The predicted octanol–water partition coefficient (Wildman–Crippen LogP) is 1.23. The van der Waals surface area contributed by atoms with Gasteiger partial charge in [0.1, 0.15) is 11.8 Å². The van der Waals surface area contributed by atoms with E-state index in [1.165, 1.54) is 0 Å². The summed E-state index contributed by atoms with van der Waals surface area (Å²) in [4.78, 5) is 0. The first-order valence-corrected chi connectivity index (χ1v) is 4.13. The van der Waals surface area contributed by atoms with Gasteiger partial charge in [-0.3, -0.25) is 0 Å². The Labute approximate surface area is 67.6 Å². The highest BCUT2D eigenvalue weighted by atomic mass is 16.3. The molecule has 0 saturated carbocycles. The van der Waals surface area contributed by atoms with Crippen LogP contribution in [0.3, 0.4) is 0 Å². The Morgan fingerprint density at radius 2 is 2.27 bits per heavy atom. The molecule has 62 valence electrons. The zero-order chi connectivity index (χ0) is 8.27. The fourth-order valence-electron chi connectivity index (χ4n) is 1.25. The topological polar surface area (TPSA) is 29.8 Å². The first-order chi connectivity index (χ1) is 5.27. The highest BCUT2D eigenvalue weighted by molar-refractivity contribution is 5.07. The van der Waals surface area contributed by atoms with Crippen LogP contribution in [0.1, 0.15) is 30.9 Å². The molecule has 0 saturated heterocycles. The lowest BCUT2D eigenvalue weighted by atomic mass is 10.2. The van der Waals surface area contributed by atoms with Gasteiger partial charge in [0.15, 0.2) is 5.76 Å². The molecule has 0 spiro atoms. The van der Waals surface area contributed by atoms with E-state index in [-0.39, 0.29) is 0 Å². The summed E-state index contributed by atoms with van der Waals surface area (Å²) in [6.07, 6.45) is 1.11.